The van der Waals surface area contributed by atoms with Gasteiger partial charge in [0.15, 0.2) is 0 Å². The molecule has 5 heteroatoms. The number of carbonyl (C=O) groups excluding carboxylic acids is 1. The summed E-state index contributed by atoms with van der Waals surface area (Å²) < 4.78 is 26.1. The third-order valence-corrected chi connectivity index (χ3v) is 3.24. The van der Waals surface area contributed by atoms with Crippen LogP contribution < -0.4 is 5.32 Å². The van der Waals surface area contributed by atoms with Crippen molar-refractivity contribution in [3.8, 4) is 0 Å². The first kappa shape index (κ1) is 12.8. The lowest BCUT2D eigenvalue weighted by Crippen LogP contribution is -2.44. The van der Waals surface area contributed by atoms with E-state index in [2.05, 4.69) is 5.32 Å². The molecule has 0 aromatic heterocycles. The van der Waals surface area contributed by atoms with E-state index in [1.165, 1.54) is 6.07 Å². The third kappa shape index (κ3) is 2.78. The molecule has 0 aliphatic carbocycles. The number of nitrogens with one attached hydrogen (secondary N) is 1. The van der Waals surface area contributed by atoms with Crippen LogP contribution in [0.1, 0.15) is 26.2 Å². The normalized spacial score (nSPS) is 19.7. The highest BCUT2D eigenvalue weighted by atomic mass is 19.1. The molecule has 1 fully saturated rings. The standard InChI is InChI=1S/C13H16F2N2O/c1-9-4-2-3-7-17(9)13(18)16-12-6-5-10(14)8-11(12)15/h5-6,8-9H,2-4,7H2,1H3,(H,16,18). The summed E-state index contributed by atoms with van der Waals surface area (Å²) in [5, 5.41) is 2.48. The van der Waals surface area contributed by atoms with Crippen molar-refractivity contribution >= 4 is 11.7 Å². The summed E-state index contributed by atoms with van der Waals surface area (Å²) in [5.41, 5.74) is 0.0131. The van der Waals surface area contributed by atoms with Crippen LogP contribution >= 0.6 is 0 Å². The van der Waals surface area contributed by atoms with Crippen molar-refractivity contribution in [3.63, 3.8) is 0 Å². The van der Waals surface area contributed by atoms with Crippen LogP contribution in [0.15, 0.2) is 18.2 Å². The van der Waals surface area contributed by atoms with Crippen LogP contribution in [-0.4, -0.2) is 23.5 Å². The van der Waals surface area contributed by atoms with Crippen LogP contribution in [0.3, 0.4) is 0 Å². The van der Waals surface area contributed by atoms with Crippen molar-refractivity contribution in [1.29, 1.82) is 0 Å². The summed E-state index contributed by atoms with van der Waals surface area (Å²) >= 11 is 0. The Morgan fingerprint density at radius 1 is 1.39 bits per heavy atom. The molecule has 0 saturated carbocycles. The average Bonchev–Trinajstić information content (AvgIpc) is 2.33. The van der Waals surface area contributed by atoms with E-state index in [1.54, 1.807) is 4.90 Å². The fourth-order valence-corrected chi connectivity index (χ4v) is 2.18. The molecular weight excluding hydrogens is 238 g/mol. The van der Waals surface area contributed by atoms with Crippen molar-refractivity contribution in [2.24, 2.45) is 0 Å². The number of benzene rings is 1. The maximum atomic E-state index is 13.4. The van der Waals surface area contributed by atoms with Gasteiger partial charge in [-0.1, -0.05) is 0 Å². The van der Waals surface area contributed by atoms with Crippen molar-refractivity contribution < 1.29 is 13.6 Å². The second-order valence-electron chi connectivity index (χ2n) is 4.59. The topological polar surface area (TPSA) is 32.3 Å². The van der Waals surface area contributed by atoms with E-state index in [-0.39, 0.29) is 17.8 Å². The van der Waals surface area contributed by atoms with E-state index >= 15 is 0 Å². The minimum atomic E-state index is -0.756. The smallest absolute Gasteiger partial charge is 0.322 e. The number of anilines is 1. The first-order chi connectivity index (χ1) is 8.58. The maximum absolute atomic E-state index is 13.4. The Bertz CT molecular complexity index is 451. The Morgan fingerprint density at radius 3 is 2.83 bits per heavy atom. The molecule has 1 aliphatic heterocycles. The number of hydrogen-bond acceptors (Lipinski definition) is 1. The van der Waals surface area contributed by atoms with Gasteiger partial charge in [-0.05, 0) is 38.3 Å². The number of urea groups is 1. The second kappa shape index (κ2) is 5.33. The highest BCUT2D eigenvalue weighted by Gasteiger charge is 2.23. The lowest BCUT2D eigenvalue weighted by atomic mass is 10.0. The molecule has 2 amide bonds. The van der Waals surface area contributed by atoms with E-state index in [9.17, 15) is 13.6 Å². The number of piperidine rings is 1. The Kier molecular flexibility index (Phi) is 3.79. The molecule has 1 aromatic rings. The highest BCUT2D eigenvalue weighted by Crippen LogP contribution is 2.20. The van der Waals surface area contributed by atoms with Gasteiger partial charge in [0.2, 0.25) is 0 Å². The summed E-state index contributed by atoms with van der Waals surface area (Å²) in [5.74, 6) is -1.41. The molecule has 18 heavy (non-hydrogen) atoms. The molecule has 1 aromatic carbocycles. The van der Waals surface area contributed by atoms with Crippen LogP contribution in [0, 0.1) is 11.6 Å². The molecule has 1 heterocycles. The van der Waals surface area contributed by atoms with Gasteiger partial charge in [0.1, 0.15) is 11.6 Å². The van der Waals surface area contributed by atoms with E-state index in [0.717, 1.165) is 31.4 Å². The monoisotopic (exact) mass is 254 g/mol. The molecule has 1 aliphatic rings. The van der Waals surface area contributed by atoms with Gasteiger partial charge in [-0.3, -0.25) is 0 Å². The lowest BCUT2D eigenvalue weighted by molar-refractivity contribution is 0.170. The summed E-state index contributed by atoms with van der Waals surface area (Å²) in [4.78, 5) is 13.7. The Morgan fingerprint density at radius 2 is 2.17 bits per heavy atom. The predicted molar refractivity (Wildman–Crippen MR) is 65.4 cm³/mol. The Balaban J connectivity index is 2.06. The minimum absolute atomic E-state index is 0.0131. The van der Waals surface area contributed by atoms with E-state index in [0.29, 0.717) is 6.54 Å². The maximum Gasteiger partial charge on any atom is 0.322 e. The van der Waals surface area contributed by atoms with Crippen molar-refractivity contribution in [3.05, 3.63) is 29.8 Å². The molecule has 1 N–H and O–H groups in total. The predicted octanol–water partition coefficient (Wildman–Crippen LogP) is 3.37. The summed E-state index contributed by atoms with van der Waals surface area (Å²) in [6.07, 6.45) is 3.03. The lowest BCUT2D eigenvalue weighted by Gasteiger charge is -2.33. The number of rotatable bonds is 1. The zero-order valence-electron chi connectivity index (χ0n) is 10.2. The zero-order valence-corrected chi connectivity index (χ0v) is 10.2. The Labute approximate surface area is 105 Å². The van der Waals surface area contributed by atoms with Gasteiger partial charge >= 0.3 is 6.03 Å². The van der Waals surface area contributed by atoms with Crippen molar-refractivity contribution in [1.82, 2.24) is 4.90 Å². The third-order valence-electron chi connectivity index (χ3n) is 3.24. The van der Waals surface area contributed by atoms with Gasteiger partial charge in [-0.25, -0.2) is 13.6 Å². The number of hydrogen-bond donors (Lipinski definition) is 1. The van der Waals surface area contributed by atoms with Gasteiger partial charge in [-0.2, -0.15) is 0 Å². The van der Waals surface area contributed by atoms with Crippen LogP contribution in [0.4, 0.5) is 19.3 Å². The van der Waals surface area contributed by atoms with Crippen LogP contribution in [0.5, 0.6) is 0 Å². The number of likely N-dealkylation sites (tertiary alicyclic amines) is 1. The summed E-state index contributed by atoms with van der Waals surface area (Å²) in [7, 11) is 0. The highest BCUT2D eigenvalue weighted by molar-refractivity contribution is 5.89. The van der Waals surface area contributed by atoms with Gasteiger partial charge in [0.25, 0.3) is 0 Å². The van der Waals surface area contributed by atoms with Crippen LogP contribution in [-0.2, 0) is 0 Å². The molecule has 3 nitrogen and oxygen atoms in total. The molecule has 0 spiro atoms. The van der Waals surface area contributed by atoms with E-state index in [4.69, 9.17) is 0 Å². The number of amides is 2. The van der Waals surface area contributed by atoms with E-state index in [1.807, 2.05) is 6.92 Å². The quantitative estimate of drug-likeness (QED) is 0.818. The summed E-state index contributed by atoms with van der Waals surface area (Å²) in [6, 6.07) is 2.94. The minimum Gasteiger partial charge on any atom is -0.322 e. The fraction of sp³-hybridized carbons (Fsp3) is 0.462. The molecule has 1 saturated heterocycles. The SMILES string of the molecule is CC1CCCCN1C(=O)Nc1ccc(F)cc1F. The average molecular weight is 254 g/mol. The van der Waals surface area contributed by atoms with E-state index < -0.39 is 11.6 Å². The van der Waals surface area contributed by atoms with Gasteiger partial charge < -0.3 is 10.2 Å². The fourth-order valence-electron chi connectivity index (χ4n) is 2.18. The molecule has 1 atom stereocenters. The Hall–Kier alpha value is -1.65. The molecule has 1 unspecified atom stereocenters. The first-order valence-corrected chi connectivity index (χ1v) is 6.10. The summed E-state index contributed by atoms with van der Waals surface area (Å²) in [6.45, 7) is 2.65. The zero-order chi connectivity index (χ0) is 13.1. The molecule has 0 radical (unpaired) electrons. The van der Waals surface area contributed by atoms with Gasteiger partial charge in [0.05, 0.1) is 5.69 Å². The van der Waals surface area contributed by atoms with Gasteiger partial charge in [0, 0.05) is 18.7 Å². The number of carbonyl (C=O) groups is 1. The van der Waals surface area contributed by atoms with Crippen LogP contribution in [0.25, 0.3) is 0 Å². The molecule has 2 rings (SSSR count). The van der Waals surface area contributed by atoms with Crippen molar-refractivity contribution in [2.45, 2.75) is 32.2 Å². The molecule has 0 bridgehead atoms. The largest absolute Gasteiger partial charge is 0.322 e. The number of halogens is 2. The second-order valence-corrected chi connectivity index (χ2v) is 4.59. The van der Waals surface area contributed by atoms with Crippen molar-refractivity contribution in [2.75, 3.05) is 11.9 Å². The van der Waals surface area contributed by atoms with Crippen LogP contribution in [0.2, 0.25) is 0 Å². The first-order valence-electron chi connectivity index (χ1n) is 6.10. The van der Waals surface area contributed by atoms with Gasteiger partial charge in [-0.15, -0.1) is 0 Å². The molecule has 98 valence electrons. The number of nitrogens with zero attached hydrogens (tertiary/aromatic N) is 1. The molecular formula is C13H16F2N2O.